The van der Waals surface area contributed by atoms with E-state index in [1.54, 1.807) is 6.20 Å². The van der Waals surface area contributed by atoms with Gasteiger partial charge in [0.1, 0.15) is 11.3 Å². The van der Waals surface area contributed by atoms with E-state index in [0.29, 0.717) is 5.88 Å². The third kappa shape index (κ3) is 1.64. The largest absolute Gasteiger partial charge is 0.316 e. The van der Waals surface area contributed by atoms with Crippen LogP contribution in [-0.2, 0) is 13.5 Å². The van der Waals surface area contributed by atoms with Crippen molar-refractivity contribution >= 4 is 38.7 Å². The summed E-state index contributed by atoms with van der Waals surface area (Å²) in [5.41, 5.74) is 1.80. The van der Waals surface area contributed by atoms with E-state index in [9.17, 15) is 0 Å². The van der Waals surface area contributed by atoms with Crippen molar-refractivity contribution in [3.63, 3.8) is 0 Å². The lowest BCUT2D eigenvalue weighted by Crippen LogP contribution is -1.98. The van der Waals surface area contributed by atoms with Crippen LogP contribution >= 0.6 is 27.5 Å². The van der Waals surface area contributed by atoms with Crippen molar-refractivity contribution in [1.82, 2.24) is 14.5 Å². The quantitative estimate of drug-likeness (QED) is 0.788. The highest BCUT2D eigenvalue weighted by Crippen LogP contribution is 2.17. The van der Waals surface area contributed by atoms with Crippen LogP contribution in [-0.4, -0.2) is 20.4 Å². The smallest absolute Gasteiger partial charge is 0.159 e. The fourth-order valence-corrected chi connectivity index (χ4v) is 1.89. The molecule has 0 fully saturated rings. The van der Waals surface area contributed by atoms with Crippen molar-refractivity contribution in [2.75, 3.05) is 5.88 Å². The fraction of sp³-hybridized carbons (Fsp3) is 0.333. The molecule has 0 radical (unpaired) electrons. The molecule has 0 saturated heterocycles. The molecule has 0 atom stereocenters. The highest BCUT2D eigenvalue weighted by Gasteiger charge is 2.07. The Labute approximate surface area is 95.2 Å². The van der Waals surface area contributed by atoms with Gasteiger partial charge in [-0.3, -0.25) is 0 Å². The summed E-state index contributed by atoms with van der Waals surface area (Å²) >= 11 is 9.05. The molecule has 0 saturated carbocycles. The van der Waals surface area contributed by atoms with Crippen LogP contribution in [0.1, 0.15) is 5.82 Å². The molecule has 2 aromatic rings. The van der Waals surface area contributed by atoms with Gasteiger partial charge in [-0.1, -0.05) is 0 Å². The molecule has 0 unspecified atom stereocenters. The lowest BCUT2D eigenvalue weighted by Gasteiger charge is -1.97. The average molecular weight is 275 g/mol. The molecule has 0 bridgehead atoms. The summed E-state index contributed by atoms with van der Waals surface area (Å²) in [6.07, 6.45) is 2.54. The van der Waals surface area contributed by atoms with E-state index < -0.39 is 0 Å². The minimum Gasteiger partial charge on any atom is -0.316 e. The van der Waals surface area contributed by atoms with Crippen molar-refractivity contribution in [3.8, 4) is 0 Å². The zero-order valence-corrected chi connectivity index (χ0v) is 10.0. The summed E-state index contributed by atoms with van der Waals surface area (Å²) < 4.78 is 2.92. The Kier molecular flexibility index (Phi) is 2.74. The molecular weight excluding hydrogens is 265 g/mol. The summed E-state index contributed by atoms with van der Waals surface area (Å²) in [7, 11) is 1.96. The van der Waals surface area contributed by atoms with E-state index >= 15 is 0 Å². The van der Waals surface area contributed by atoms with E-state index in [1.807, 2.05) is 17.7 Å². The number of hydrogen-bond acceptors (Lipinski definition) is 2. The van der Waals surface area contributed by atoms with E-state index in [1.165, 1.54) is 0 Å². The van der Waals surface area contributed by atoms with Crippen molar-refractivity contribution in [1.29, 1.82) is 0 Å². The normalized spacial score (nSPS) is 11.1. The van der Waals surface area contributed by atoms with Gasteiger partial charge in [-0.15, -0.1) is 11.6 Å². The maximum Gasteiger partial charge on any atom is 0.159 e. The molecule has 0 aliphatic carbocycles. The third-order valence-electron chi connectivity index (χ3n) is 2.09. The highest BCUT2D eigenvalue weighted by molar-refractivity contribution is 9.10. The van der Waals surface area contributed by atoms with Gasteiger partial charge >= 0.3 is 0 Å². The number of hydrogen-bond donors (Lipinski definition) is 0. The number of aromatic nitrogens is 3. The molecule has 0 aromatic carbocycles. The van der Waals surface area contributed by atoms with Crippen molar-refractivity contribution in [3.05, 3.63) is 22.6 Å². The van der Waals surface area contributed by atoms with Crippen LogP contribution in [0.2, 0.25) is 0 Å². The average Bonchev–Trinajstić information content (AvgIpc) is 2.44. The van der Waals surface area contributed by atoms with Crippen LogP contribution in [0.4, 0.5) is 0 Å². The van der Waals surface area contributed by atoms with Crippen LogP contribution in [0.15, 0.2) is 16.7 Å². The van der Waals surface area contributed by atoms with Gasteiger partial charge in [-0.05, 0) is 22.0 Å². The van der Waals surface area contributed by atoms with Crippen LogP contribution in [0.5, 0.6) is 0 Å². The molecule has 0 N–H and O–H groups in total. The first-order valence-electron chi connectivity index (χ1n) is 4.25. The number of imidazole rings is 1. The first-order valence-corrected chi connectivity index (χ1v) is 5.58. The zero-order chi connectivity index (χ0) is 10.1. The second-order valence-electron chi connectivity index (χ2n) is 3.02. The molecule has 0 amide bonds. The van der Waals surface area contributed by atoms with Gasteiger partial charge in [0.05, 0.1) is 0 Å². The molecular formula is C9H9BrClN3. The second kappa shape index (κ2) is 3.87. The maximum absolute atomic E-state index is 5.68. The molecule has 3 nitrogen and oxygen atoms in total. The number of pyridine rings is 1. The molecule has 0 spiro atoms. The summed E-state index contributed by atoms with van der Waals surface area (Å²) in [4.78, 5) is 8.74. The van der Waals surface area contributed by atoms with Gasteiger partial charge in [-0.25, -0.2) is 9.97 Å². The Hall–Kier alpha value is -0.610. The minimum absolute atomic E-state index is 0.582. The summed E-state index contributed by atoms with van der Waals surface area (Å²) in [5, 5.41) is 0. The topological polar surface area (TPSA) is 30.7 Å². The Balaban J connectivity index is 2.61. The molecule has 2 rings (SSSR count). The van der Waals surface area contributed by atoms with E-state index in [4.69, 9.17) is 11.6 Å². The summed E-state index contributed by atoms with van der Waals surface area (Å²) in [5.74, 6) is 1.55. The summed E-state index contributed by atoms with van der Waals surface area (Å²) in [6.45, 7) is 0. The molecule has 2 heterocycles. The van der Waals surface area contributed by atoms with Gasteiger partial charge < -0.3 is 4.57 Å². The van der Waals surface area contributed by atoms with Crippen LogP contribution in [0.3, 0.4) is 0 Å². The molecule has 5 heteroatoms. The highest BCUT2D eigenvalue weighted by atomic mass is 79.9. The molecule has 0 aliphatic heterocycles. The molecule has 0 aliphatic rings. The number of alkyl halides is 1. The Morgan fingerprint density at radius 3 is 3.07 bits per heavy atom. The predicted molar refractivity (Wildman–Crippen MR) is 60.6 cm³/mol. The Morgan fingerprint density at radius 1 is 1.57 bits per heavy atom. The monoisotopic (exact) mass is 273 g/mol. The van der Waals surface area contributed by atoms with Gasteiger partial charge in [0, 0.05) is 30.0 Å². The first kappa shape index (κ1) is 9.93. The number of fused-ring (bicyclic) bond motifs is 1. The standard InChI is InChI=1S/C9H9BrClN3/c1-14-8(2-3-11)13-7-4-6(10)5-12-9(7)14/h4-5H,2-3H2,1H3. The Morgan fingerprint density at radius 2 is 2.36 bits per heavy atom. The molecule has 74 valence electrons. The molecule has 14 heavy (non-hydrogen) atoms. The second-order valence-corrected chi connectivity index (χ2v) is 4.32. The first-order chi connectivity index (χ1) is 6.72. The number of rotatable bonds is 2. The molecule has 2 aromatic heterocycles. The van der Waals surface area contributed by atoms with E-state index in [2.05, 4.69) is 25.9 Å². The number of halogens is 2. The predicted octanol–water partition coefficient (Wildman–Crippen LogP) is 2.51. The van der Waals surface area contributed by atoms with E-state index in [-0.39, 0.29) is 0 Å². The summed E-state index contributed by atoms with van der Waals surface area (Å²) in [6, 6.07) is 1.96. The van der Waals surface area contributed by atoms with Gasteiger partial charge in [0.25, 0.3) is 0 Å². The lowest BCUT2D eigenvalue weighted by atomic mass is 10.4. The third-order valence-corrected chi connectivity index (χ3v) is 2.71. The van der Waals surface area contributed by atoms with Gasteiger partial charge in [0.2, 0.25) is 0 Å². The zero-order valence-electron chi connectivity index (χ0n) is 7.67. The van der Waals surface area contributed by atoms with Crippen molar-refractivity contribution in [2.24, 2.45) is 7.05 Å². The van der Waals surface area contributed by atoms with Crippen LogP contribution in [0.25, 0.3) is 11.2 Å². The van der Waals surface area contributed by atoms with E-state index in [0.717, 1.165) is 27.9 Å². The van der Waals surface area contributed by atoms with Crippen molar-refractivity contribution < 1.29 is 0 Å². The van der Waals surface area contributed by atoms with Gasteiger partial charge in [0.15, 0.2) is 5.65 Å². The SMILES string of the molecule is Cn1c(CCCl)nc2cc(Br)cnc21. The minimum atomic E-state index is 0.582. The maximum atomic E-state index is 5.68. The number of aryl methyl sites for hydroxylation is 2. The van der Waals surface area contributed by atoms with Crippen molar-refractivity contribution in [2.45, 2.75) is 6.42 Å². The lowest BCUT2D eigenvalue weighted by molar-refractivity contribution is 0.823. The fourth-order valence-electron chi connectivity index (χ4n) is 1.41. The van der Waals surface area contributed by atoms with Crippen LogP contribution < -0.4 is 0 Å². The van der Waals surface area contributed by atoms with Gasteiger partial charge in [-0.2, -0.15) is 0 Å². The van der Waals surface area contributed by atoms with Crippen LogP contribution in [0, 0.1) is 0 Å². The number of nitrogens with zero attached hydrogens (tertiary/aromatic N) is 3. The Bertz CT molecular complexity index is 466.